The highest BCUT2D eigenvalue weighted by molar-refractivity contribution is 5.91. The van der Waals surface area contributed by atoms with Gasteiger partial charge in [-0.25, -0.2) is 14.5 Å². The maximum atomic E-state index is 12.9. The summed E-state index contributed by atoms with van der Waals surface area (Å²) in [5.41, 5.74) is 4.78. The molecule has 168 valence electrons. The van der Waals surface area contributed by atoms with Gasteiger partial charge < -0.3 is 9.47 Å². The molecule has 0 aliphatic heterocycles. The largest absolute Gasteiger partial charge is 0.309 e. The van der Waals surface area contributed by atoms with Crippen molar-refractivity contribution in [2.24, 2.45) is 0 Å². The number of nitrogens with zero attached hydrogens (tertiary/aromatic N) is 7. The zero-order valence-corrected chi connectivity index (χ0v) is 19.2. The quantitative estimate of drug-likeness (QED) is 0.435. The maximum Gasteiger partial charge on any atom is 0.252 e. The number of likely N-dealkylation sites (N-methyl/N-ethyl adjacent to an activating group) is 1. The third-order valence-corrected chi connectivity index (χ3v) is 6.03. The topological polar surface area (TPSA) is 93.2 Å². The van der Waals surface area contributed by atoms with Gasteiger partial charge >= 0.3 is 0 Å². The molecule has 0 unspecified atom stereocenters. The molecule has 0 aliphatic rings. The lowest BCUT2D eigenvalue weighted by molar-refractivity contribution is -0.116. The fourth-order valence-electron chi connectivity index (χ4n) is 4.12. The fraction of sp³-hybridized carbons (Fsp3) is 0.435. The van der Waals surface area contributed by atoms with Gasteiger partial charge in [-0.15, -0.1) is 0 Å². The Morgan fingerprint density at radius 2 is 1.91 bits per heavy atom. The van der Waals surface area contributed by atoms with Crippen LogP contribution in [-0.2, 0) is 17.8 Å². The summed E-state index contributed by atoms with van der Waals surface area (Å²) in [7, 11) is 0. The van der Waals surface area contributed by atoms with Crippen LogP contribution in [0.4, 0.5) is 5.95 Å². The second kappa shape index (κ2) is 9.44. The molecule has 3 heterocycles. The van der Waals surface area contributed by atoms with E-state index in [-0.39, 0.29) is 5.91 Å². The predicted octanol–water partition coefficient (Wildman–Crippen LogP) is 3.00. The van der Waals surface area contributed by atoms with E-state index >= 15 is 0 Å². The molecule has 0 spiro atoms. The number of carbonyl (C=O) groups is 1. The fourth-order valence-corrected chi connectivity index (χ4v) is 4.12. The van der Waals surface area contributed by atoms with E-state index in [9.17, 15) is 4.79 Å². The second-order valence-electron chi connectivity index (χ2n) is 7.88. The SMILES string of the molecule is CCN(CC)CCn1c(NC(=O)CCc2c(C)nc3ncnn3c2C)nc2ccccc21. The standard InChI is InChI=1S/C23H30N8O/c1-5-29(6-2)13-14-30-20-10-8-7-9-19(20)27-23(30)28-21(32)12-11-18-16(3)26-22-24-15-25-31(22)17(18)4/h7-10,15H,5-6,11-14H2,1-4H3,(H,27,28,32). The third kappa shape index (κ3) is 4.34. The van der Waals surface area contributed by atoms with E-state index in [2.05, 4.69) is 48.7 Å². The van der Waals surface area contributed by atoms with Gasteiger partial charge in [0.05, 0.1) is 11.0 Å². The molecule has 9 heteroatoms. The molecule has 3 aromatic heterocycles. The Morgan fingerprint density at radius 3 is 2.69 bits per heavy atom. The van der Waals surface area contributed by atoms with Crippen molar-refractivity contribution in [2.75, 3.05) is 25.0 Å². The summed E-state index contributed by atoms with van der Waals surface area (Å²) in [6.45, 7) is 11.9. The number of hydrogen-bond acceptors (Lipinski definition) is 6. The van der Waals surface area contributed by atoms with Crippen LogP contribution in [0.5, 0.6) is 0 Å². The van der Waals surface area contributed by atoms with Gasteiger partial charge in [0.1, 0.15) is 6.33 Å². The van der Waals surface area contributed by atoms with Crippen molar-refractivity contribution >= 4 is 28.7 Å². The van der Waals surface area contributed by atoms with Crippen LogP contribution in [0.3, 0.4) is 0 Å². The number of para-hydroxylation sites is 2. The molecule has 0 atom stereocenters. The van der Waals surface area contributed by atoms with E-state index in [1.165, 1.54) is 6.33 Å². The summed E-state index contributed by atoms with van der Waals surface area (Å²) in [4.78, 5) is 28.6. The van der Waals surface area contributed by atoms with Crippen molar-refractivity contribution in [2.45, 2.75) is 47.1 Å². The Labute approximate surface area is 187 Å². The normalized spacial score (nSPS) is 11.7. The first-order valence-corrected chi connectivity index (χ1v) is 11.1. The molecule has 4 rings (SSSR count). The number of carbonyl (C=O) groups excluding carboxylic acids is 1. The van der Waals surface area contributed by atoms with E-state index in [1.807, 2.05) is 38.1 Å². The van der Waals surface area contributed by atoms with Crippen molar-refractivity contribution in [3.63, 3.8) is 0 Å². The van der Waals surface area contributed by atoms with Gasteiger partial charge in [-0.3, -0.25) is 10.1 Å². The summed E-state index contributed by atoms with van der Waals surface area (Å²) in [5.74, 6) is 1.11. The lowest BCUT2D eigenvalue weighted by Crippen LogP contribution is -2.27. The summed E-state index contributed by atoms with van der Waals surface area (Å²) in [6, 6.07) is 7.99. The van der Waals surface area contributed by atoms with Gasteiger partial charge in [-0.2, -0.15) is 10.1 Å². The Hall–Kier alpha value is -3.33. The van der Waals surface area contributed by atoms with Crippen LogP contribution in [-0.4, -0.2) is 59.6 Å². The minimum Gasteiger partial charge on any atom is -0.309 e. The number of benzene rings is 1. The van der Waals surface area contributed by atoms with Gasteiger partial charge in [0, 0.05) is 30.9 Å². The van der Waals surface area contributed by atoms with Crippen LogP contribution in [0.2, 0.25) is 0 Å². The lowest BCUT2D eigenvalue weighted by atomic mass is 10.1. The van der Waals surface area contributed by atoms with Crippen LogP contribution >= 0.6 is 0 Å². The van der Waals surface area contributed by atoms with Gasteiger partial charge in [-0.1, -0.05) is 26.0 Å². The molecular formula is C23H30N8O. The maximum absolute atomic E-state index is 12.9. The predicted molar refractivity (Wildman–Crippen MR) is 125 cm³/mol. The molecule has 1 N–H and O–H groups in total. The van der Waals surface area contributed by atoms with Gasteiger partial charge in [-0.05, 0) is 51.1 Å². The van der Waals surface area contributed by atoms with Gasteiger partial charge in [0.2, 0.25) is 11.9 Å². The molecule has 1 aromatic carbocycles. The van der Waals surface area contributed by atoms with Gasteiger partial charge in [0.15, 0.2) is 0 Å². The number of fused-ring (bicyclic) bond motifs is 2. The number of amides is 1. The molecule has 0 aliphatic carbocycles. The number of nitrogens with one attached hydrogen (secondary N) is 1. The van der Waals surface area contributed by atoms with E-state index in [4.69, 9.17) is 0 Å². The van der Waals surface area contributed by atoms with Crippen molar-refractivity contribution in [1.82, 2.24) is 34.0 Å². The Kier molecular flexibility index (Phi) is 6.45. The van der Waals surface area contributed by atoms with Gasteiger partial charge in [0.25, 0.3) is 5.78 Å². The van der Waals surface area contributed by atoms with Crippen molar-refractivity contribution in [3.05, 3.63) is 47.5 Å². The molecule has 1 amide bonds. The minimum absolute atomic E-state index is 0.0677. The monoisotopic (exact) mass is 434 g/mol. The number of imidazole rings is 1. The number of anilines is 1. The smallest absolute Gasteiger partial charge is 0.252 e. The summed E-state index contributed by atoms with van der Waals surface area (Å²) >= 11 is 0. The number of rotatable bonds is 9. The van der Waals surface area contributed by atoms with Crippen LogP contribution in [0.1, 0.15) is 37.2 Å². The molecule has 0 saturated heterocycles. The molecule has 0 fully saturated rings. The van der Waals surface area contributed by atoms with Crippen LogP contribution in [0.25, 0.3) is 16.8 Å². The highest BCUT2D eigenvalue weighted by Gasteiger charge is 2.16. The molecule has 0 bridgehead atoms. The Morgan fingerprint density at radius 1 is 1.12 bits per heavy atom. The van der Waals surface area contributed by atoms with E-state index < -0.39 is 0 Å². The molecule has 4 aromatic rings. The summed E-state index contributed by atoms with van der Waals surface area (Å²) in [5, 5.41) is 7.26. The van der Waals surface area contributed by atoms with Crippen molar-refractivity contribution in [1.29, 1.82) is 0 Å². The zero-order valence-electron chi connectivity index (χ0n) is 19.2. The zero-order chi connectivity index (χ0) is 22.7. The first-order valence-electron chi connectivity index (χ1n) is 11.1. The van der Waals surface area contributed by atoms with Crippen LogP contribution in [0.15, 0.2) is 30.6 Å². The molecule has 0 saturated carbocycles. The Bertz CT molecular complexity index is 1240. The summed E-state index contributed by atoms with van der Waals surface area (Å²) < 4.78 is 3.82. The highest BCUT2D eigenvalue weighted by Crippen LogP contribution is 2.21. The average Bonchev–Trinajstić information content (AvgIpc) is 3.39. The van der Waals surface area contributed by atoms with E-state index in [0.717, 1.165) is 54.2 Å². The molecule has 9 nitrogen and oxygen atoms in total. The van der Waals surface area contributed by atoms with Crippen molar-refractivity contribution in [3.8, 4) is 0 Å². The first-order chi connectivity index (χ1) is 15.5. The van der Waals surface area contributed by atoms with Crippen LogP contribution in [0, 0.1) is 13.8 Å². The number of aromatic nitrogens is 6. The second-order valence-corrected chi connectivity index (χ2v) is 7.88. The average molecular weight is 435 g/mol. The number of hydrogen-bond donors (Lipinski definition) is 1. The Balaban J connectivity index is 1.51. The van der Waals surface area contributed by atoms with E-state index in [0.29, 0.717) is 24.6 Å². The summed E-state index contributed by atoms with van der Waals surface area (Å²) in [6.07, 6.45) is 2.41. The number of aryl methyl sites for hydroxylation is 2. The first kappa shape index (κ1) is 21.9. The van der Waals surface area contributed by atoms with Crippen molar-refractivity contribution < 1.29 is 4.79 Å². The minimum atomic E-state index is -0.0677. The van der Waals surface area contributed by atoms with Crippen LogP contribution < -0.4 is 5.32 Å². The molecule has 0 radical (unpaired) electrons. The third-order valence-electron chi connectivity index (χ3n) is 6.03. The molecule has 32 heavy (non-hydrogen) atoms. The van der Waals surface area contributed by atoms with E-state index in [1.54, 1.807) is 4.52 Å². The highest BCUT2D eigenvalue weighted by atomic mass is 16.1. The lowest BCUT2D eigenvalue weighted by Gasteiger charge is -2.19. The molecular weight excluding hydrogens is 404 g/mol.